The summed E-state index contributed by atoms with van der Waals surface area (Å²) < 4.78 is 4.83. The van der Waals surface area contributed by atoms with Crippen molar-refractivity contribution in [2.75, 3.05) is 6.54 Å². The molecular weight excluding hydrogens is 196 g/mol. The monoisotopic (exact) mass is 210 g/mol. The molecular formula is C9H14N4O2. The Morgan fingerprint density at radius 2 is 2.40 bits per heavy atom. The van der Waals surface area contributed by atoms with Gasteiger partial charge in [0.05, 0.1) is 6.20 Å². The number of carbonyl (C=O) groups excluding carboxylic acids is 1. The fraction of sp³-hybridized carbons (Fsp3) is 0.556. The van der Waals surface area contributed by atoms with E-state index < -0.39 is 6.09 Å². The van der Waals surface area contributed by atoms with Crippen molar-refractivity contribution in [3.8, 4) is 5.88 Å². The van der Waals surface area contributed by atoms with Crippen molar-refractivity contribution in [2.24, 2.45) is 0 Å². The SMILES string of the molecule is CCCCCNC(=O)Oc1ccnnn1. The van der Waals surface area contributed by atoms with Gasteiger partial charge in [0.2, 0.25) is 5.88 Å². The molecule has 82 valence electrons. The van der Waals surface area contributed by atoms with Gasteiger partial charge >= 0.3 is 6.09 Å². The van der Waals surface area contributed by atoms with Gasteiger partial charge in [-0.2, -0.15) is 0 Å². The molecule has 0 radical (unpaired) electrons. The van der Waals surface area contributed by atoms with Crippen LogP contribution >= 0.6 is 0 Å². The number of hydrogen-bond acceptors (Lipinski definition) is 5. The third-order valence-electron chi connectivity index (χ3n) is 1.73. The van der Waals surface area contributed by atoms with E-state index in [1.807, 2.05) is 0 Å². The van der Waals surface area contributed by atoms with Crippen molar-refractivity contribution < 1.29 is 9.53 Å². The summed E-state index contributed by atoms with van der Waals surface area (Å²) in [5.74, 6) is 0.151. The van der Waals surface area contributed by atoms with Crippen LogP contribution in [0.15, 0.2) is 12.3 Å². The molecule has 1 amide bonds. The first-order chi connectivity index (χ1) is 7.33. The summed E-state index contributed by atoms with van der Waals surface area (Å²) in [5.41, 5.74) is 0. The van der Waals surface area contributed by atoms with Crippen molar-refractivity contribution in [3.63, 3.8) is 0 Å². The van der Waals surface area contributed by atoms with Gasteiger partial charge in [-0.25, -0.2) is 4.79 Å². The van der Waals surface area contributed by atoms with E-state index in [1.165, 1.54) is 12.3 Å². The number of ether oxygens (including phenoxy) is 1. The van der Waals surface area contributed by atoms with Crippen molar-refractivity contribution in [3.05, 3.63) is 12.3 Å². The molecule has 0 bridgehead atoms. The summed E-state index contributed by atoms with van der Waals surface area (Å²) >= 11 is 0. The number of unbranched alkanes of at least 4 members (excludes halogenated alkanes) is 2. The molecule has 1 rings (SSSR count). The standard InChI is InChI=1S/C9H14N4O2/c1-2-3-4-6-10-9(14)15-8-5-7-11-13-12-8/h5,7H,2-4,6H2,1H3,(H,10,14). The Bertz CT molecular complexity index is 291. The van der Waals surface area contributed by atoms with E-state index in [0.717, 1.165) is 19.3 Å². The van der Waals surface area contributed by atoms with Gasteiger partial charge in [-0.15, -0.1) is 5.10 Å². The van der Waals surface area contributed by atoms with Gasteiger partial charge in [-0.1, -0.05) is 24.9 Å². The highest BCUT2D eigenvalue weighted by Crippen LogP contribution is 2.00. The molecule has 1 N–H and O–H groups in total. The molecule has 6 nitrogen and oxygen atoms in total. The number of rotatable bonds is 5. The highest BCUT2D eigenvalue weighted by molar-refractivity contribution is 5.69. The van der Waals surface area contributed by atoms with E-state index >= 15 is 0 Å². The zero-order chi connectivity index (χ0) is 10.9. The molecule has 0 spiro atoms. The fourth-order valence-electron chi connectivity index (χ4n) is 0.981. The van der Waals surface area contributed by atoms with Crippen molar-refractivity contribution >= 4 is 6.09 Å². The van der Waals surface area contributed by atoms with Crippen LogP contribution in [0, 0.1) is 0 Å². The number of carbonyl (C=O) groups is 1. The second-order valence-corrected chi connectivity index (χ2v) is 2.98. The summed E-state index contributed by atoms with van der Waals surface area (Å²) in [6.45, 7) is 2.72. The maximum absolute atomic E-state index is 11.2. The van der Waals surface area contributed by atoms with E-state index in [9.17, 15) is 4.79 Å². The van der Waals surface area contributed by atoms with E-state index in [1.54, 1.807) is 0 Å². The average Bonchev–Trinajstić information content (AvgIpc) is 2.26. The number of nitrogens with one attached hydrogen (secondary N) is 1. The van der Waals surface area contributed by atoms with Gasteiger partial charge in [0.15, 0.2) is 0 Å². The molecule has 1 aromatic heterocycles. The lowest BCUT2D eigenvalue weighted by molar-refractivity contribution is 0.197. The Balaban J connectivity index is 2.19. The molecule has 0 unspecified atom stereocenters. The van der Waals surface area contributed by atoms with Crippen LogP contribution in [0.5, 0.6) is 5.88 Å². The molecule has 0 saturated heterocycles. The minimum atomic E-state index is -0.508. The maximum atomic E-state index is 11.2. The van der Waals surface area contributed by atoms with Crippen molar-refractivity contribution in [1.29, 1.82) is 0 Å². The van der Waals surface area contributed by atoms with Crippen LogP contribution in [0.25, 0.3) is 0 Å². The van der Waals surface area contributed by atoms with Crippen LogP contribution in [0.2, 0.25) is 0 Å². The van der Waals surface area contributed by atoms with E-state index in [0.29, 0.717) is 6.54 Å². The predicted octanol–water partition coefficient (Wildman–Crippen LogP) is 1.15. The molecule has 0 aromatic carbocycles. The summed E-state index contributed by atoms with van der Waals surface area (Å²) in [7, 11) is 0. The van der Waals surface area contributed by atoms with Gasteiger partial charge in [-0.05, 0) is 11.6 Å². The summed E-state index contributed by atoms with van der Waals surface area (Å²) in [6.07, 6.45) is 4.06. The van der Waals surface area contributed by atoms with Gasteiger partial charge < -0.3 is 10.1 Å². The van der Waals surface area contributed by atoms with Gasteiger partial charge in [0, 0.05) is 12.6 Å². The first kappa shape index (κ1) is 11.4. The number of amides is 1. The Labute approximate surface area is 88.0 Å². The lowest BCUT2D eigenvalue weighted by atomic mass is 10.2. The molecule has 15 heavy (non-hydrogen) atoms. The lowest BCUT2D eigenvalue weighted by Gasteiger charge is -2.03. The average molecular weight is 210 g/mol. The Morgan fingerprint density at radius 3 is 3.07 bits per heavy atom. The van der Waals surface area contributed by atoms with Gasteiger partial charge in [0.1, 0.15) is 0 Å². The zero-order valence-electron chi connectivity index (χ0n) is 8.64. The smallest absolute Gasteiger partial charge is 0.389 e. The first-order valence-electron chi connectivity index (χ1n) is 4.93. The topological polar surface area (TPSA) is 77.0 Å². The Hall–Kier alpha value is -1.72. The van der Waals surface area contributed by atoms with Crippen LogP contribution in [-0.2, 0) is 0 Å². The number of nitrogens with zero attached hydrogens (tertiary/aromatic N) is 3. The molecule has 1 heterocycles. The number of aromatic nitrogens is 3. The quantitative estimate of drug-likeness (QED) is 0.737. The summed E-state index contributed by atoms with van der Waals surface area (Å²) in [5, 5.41) is 12.9. The second kappa shape index (κ2) is 6.69. The molecule has 0 aliphatic heterocycles. The lowest BCUT2D eigenvalue weighted by Crippen LogP contribution is -2.28. The van der Waals surface area contributed by atoms with Crippen LogP contribution in [-0.4, -0.2) is 28.0 Å². The first-order valence-corrected chi connectivity index (χ1v) is 4.93. The minimum Gasteiger partial charge on any atom is -0.389 e. The molecule has 0 fully saturated rings. The molecule has 0 atom stereocenters. The van der Waals surface area contributed by atoms with E-state index in [4.69, 9.17) is 4.74 Å². The maximum Gasteiger partial charge on any atom is 0.413 e. The zero-order valence-corrected chi connectivity index (χ0v) is 8.64. The van der Waals surface area contributed by atoms with Crippen molar-refractivity contribution in [2.45, 2.75) is 26.2 Å². The molecule has 1 aromatic rings. The highest BCUT2D eigenvalue weighted by Gasteiger charge is 2.03. The fourth-order valence-corrected chi connectivity index (χ4v) is 0.981. The largest absolute Gasteiger partial charge is 0.413 e. The molecule has 0 saturated carbocycles. The third kappa shape index (κ3) is 4.90. The summed E-state index contributed by atoms with van der Waals surface area (Å²) in [6, 6.07) is 1.47. The normalized spacial score (nSPS) is 9.67. The molecule has 0 aliphatic rings. The van der Waals surface area contributed by atoms with Crippen LogP contribution in [0.1, 0.15) is 26.2 Å². The Kier molecular flexibility index (Phi) is 5.07. The third-order valence-corrected chi connectivity index (χ3v) is 1.73. The Morgan fingerprint density at radius 1 is 1.53 bits per heavy atom. The molecule has 0 aliphatic carbocycles. The van der Waals surface area contributed by atoms with Crippen LogP contribution < -0.4 is 10.1 Å². The van der Waals surface area contributed by atoms with Crippen LogP contribution in [0.3, 0.4) is 0 Å². The van der Waals surface area contributed by atoms with Gasteiger partial charge in [-0.3, -0.25) is 0 Å². The second-order valence-electron chi connectivity index (χ2n) is 2.98. The minimum absolute atomic E-state index is 0.151. The molecule has 6 heteroatoms. The van der Waals surface area contributed by atoms with E-state index in [-0.39, 0.29) is 5.88 Å². The number of hydrogen-bond donors (Lipinski definition) is 1. The summed E-state index contributed by atoms with van der Waals surface area (Å²) in [4.78, 5) is 11.2. The van der Waals surface area contributed by atoms with E-state index in [2.05, 4.69) is 27.7 Å². The predicted molar refractivity (Wildman–Crippen MR) is 53.4 cm³/mol. The van der Waals surface area contributed by atoms with Crippen LogP contribution in [0.4, 0.5) is 4.79 Å². The van der Waals surface area contributed by atoms with Crippen molar-refractivity contribution in [1.82, 2.24) is 20.7 Å². The highest BCUT2D eigenvalue weighted by atomic mass is 16.6. The van der Waals surface area contributed by atoms with Gasteiger partial charge in [0.25, 0.3) is 0 Å².